The minimum absolute atomic E-state index is 0. The standard InChI is InChI=1S/C28H28N2.Au/c1-19(2)29-17-22-16-21-11-7-9-13-24(21)27(30(22)18-29)26-23-12-8-6-10-20(23)14-15-25(26)28(3,4)5;/h6-16,18-19H,1-5H3;/q;+1. The van der Waals surface area contributed by atoms with Gasteiger partial charge in [-0.1, -0.05) is 86.8 Å². The van der Waals surface area contributed by atoms with Gasteiger partial charge in [0.05, 0.1) is 17.8 Å². The molecule has 0 aliphatic rings. The van der Waals surface area contributed by atoms with Crippen molar-refractivity contribution in [2.24, 2.45) is 0 Å². The summed E-state index contributed by atoms with van der Waals surface area (Å²) in [5, 5.41) is 5.09. The average Bonchev–Trinajstić information content (AvgIpc) is 3.14. The molecular weight excluding hydrogens is 561 g/mol. The first-order chi connectivity index (χ1) is 14.3. The van der Waals surface area contributed by atoms with E-state index in [1.54, 1.807) is 0 Å². The van der Waals surface area contributed by atoms with Crippen molar-refractivity contribution in [3.63, 3.8) is 0 Å². The molecule has 5 rings (SSSR count). The molecule has 0 aliphatic carbocycles. The molecule has 3 aromatic carbocycles. The second-order valence-electron chi connectivity index (χ2n) is 9.52. The van der Waals surface area contributed by atoms with Gasteiger partial charge in [0.15, 0.2) is 6.33 Å². The normalized spacial score (nSPS) is 12.1. The summed E-state index contributed by atoms with van der Waals surface area (Å²) in [6.45, 7) is 11.3. The first-order valence-electron chi connectivity index (χ1n) is 10.7. The van der Waals surface area contributed by atoms with Crippen molar-refractivity contribution >= 4 is 27.1 Å². The molecule has 0 spiro atoms. The maximum atomic E-state index is 3.58. The number of imidazole rings is 1. The molecule has 0 bridgehead atoms. The van der Waals surface area contributed by atoms with Gasteiger partial charge < -0.3 is 4.57 Å². The molecule has 0 radical (unpaired) electrons. The van der Waals surface area contributed by atoms with Gasteiger partial charge in [-0.2, -0.15) is 0 Å². The van der Waals surface area contributed by atoms with Crippen molar-refractivity contribution < 1.29 is 26.9 Å². The number of rotatable bonds is 2. The van der Waals surface area contributed by atoms with Crippen LogP contribution in [0.1, 0.15) is 46.2 Å². The summed E-state index contributed by atoms with van der Waals surface area (Å²) in [6.07, 6.45) is 5.79. The molecule has 0 N–H and O–H groups in total. The maximum absolute atomic E-state index is 3.58. The quantitative estimate of drug-likeness (QED) is 0.121. The minimum Gasteiger partial charge on any atom is -0.340 e. The topological polar surface area (TPSA) is 8.29 Å². The molecule has 0 amide bonds. The number of hydrogen-bond acceptors (Lipinski definition) is 0. The van der Waals surface area contributed by atoms with Crippen LogP contribution in [0.25, 0.3) is 38.3 Å². The van der Waals surface area contributed by atoms with Gasteiger partial charge in [-0.05, 0) is 35.6 Å². The Bertz CT molecular complexity index is 1400. The van der Waals surface area contributed by atoms with E-state index in [0.717, 1.165) is 5.52 Å². The van der Waals surface area contributed by atoms with E-state index in [2.05, 4.69) is 123 Å². The van der Waals surface area contributed by atoms with E-state index in [-0.39, 0.29) is 27.8 Å². The van der Waals surface area contributed by atoms with E-state index in [1.165, 1.54) is 38.4 Å². The third kappa shape index (κ3) is 3.63. The number of benzene rings is 3. The van der Waals surface area contributed by atoms with E-state index in [0.29, 0.717) is 6.04 Å². The van der Waals surface area contributed by atoms with Crippen LogP contribution in [0.5, 0.6) is 0 Å². The van der Waals surface area contributed by atoms with Crippen molar-refractivity contribution in [2.75, 3.05) is 0 Å². The Kier molecular flexibility index (Phi) is 5.59. The molecule has 0 aliphatic heterocycles. The van der Waals surface area contributed by atoms with Crippen LogP contribution in [-0.4, -0.2) is 4.40 Å². The van der Waals surface area contributed by atoms with Gasteiger partial charge in [0.25, 0.3) is 0 Å². The molecule has 0 unspecified atom stereocenters. The number of nitrogens with zero attached hydrogens (tertiary/aromatic N) is 2. The summed E-state index contributed by atoms with van der Waals surface area (Å²) in [7, 11) is 0. The van der Waals surface area contributed by atoms with Gasteiger partial charge in [0.2, 0.25) is 0 Å². The minimum atomic E-state index is 0. The second-order valence-corrected chi connectivity index (χ2v) is 9.52. The van der Waals surface area contributed by atoms with Crippen LogP contribution in [0.3, 0.4) is 0 Å². The van der Waals surface area contributed by atoms with Gasteiger partial charge in [0.1, 0.15) is 5.69 Å². The molecule has 2 nitrogen and oxygen atoms in total. The molecule has 160 valence electrons. The van der Waals surface area contributed by atoms with E-state index in [1.807, 2.05) is 0 Å². The summed E-state index contributed by atoms with van der Waals surface area (Å²) >= 11 is 0. The molecule has 0 saturated carbocycles. The SMILES string of the molecule is CC(C)[n+]1[c-]c2cc3ccccc3c(-c3c(C(C)(C)C)ccc4ccccc34)n2c1.[Au+]. The largest absolute Gasteiger partial charge is 1.00 e. The molecule has 0 fully saturated rings. The molecule has 5 aromatic rings. The van der Waals surface area contributed by atoms with Gasteiger partial charge in [-0.3, -0.25) is 4.40 Å². The summed E-state index contributed by atoms with van der Waals surface area (Å²) in [4.78, 5) is 0. The molecular formula is C28H28AuN2+. The van der Waals surface area contributed by atoms with Crippen LogP contribution in [0.15, 0.2) is 73.1 Å². The van der Waals surface area contributed by atoms with Gasteiger partial charge in [0, 0.05) is 10.9 Å². The first kappa shape index (κ1) is 21.8. The van der Waals surface area contributed by atoms with Gasteiger partial charge >= 0.3 is 22.4 Å². The zero-order valence-electron chi connectivity index (χ0n) is 18.7. The molecule has 31 heavy (non-hydrogen) atoms. The molecule has 2 aromatic heterocycles. The van der Waals surface area contributed by atoms with Crippen molar-refractivity contribution in [1.29, 1.82) is 0 Å². The zero-order chi connectivity index (χ0) is 21.0. The third-order valence-electron chi connectivity index (χ3n) is 6.02. The Morgan fingerprint density at radius 3 is 2.16 bits per heavy atom. The maximum Gasteiger partial charge on any atom is 1.00 e. The summed E-state index contributed by atoms with van der Waals surface area (Å²) in [5.41, 5.74) is 5.06. The predicted octanol–water partition coefficient (Wildman–Crippen LogP) is 6.88. The van der Waals surface area contributed by atoms with Crippen LogP contribution >= 0.6 is 0 Å². The monoisotopic (exact) mass is 589 g/mol. The molecule has 0 atom stereocenters. The first-order valence-corrected chi connectivity index (χ1v) is 10.7. The third-order valence-corrected chi connectivity index (χ3v) is 6.02. The van der Waals surface area contributed by atoms with E-state index in [9.17, 15) is 0 Å². The smallest absolute Gasteiger partial charge is 0.340 e. The van der Waals surface area contributed by atoms with Crippen molar-refractivity contribution in [2.45, 2.75) is 46.1 Å². The van der Waals surface area contributed by atoms with Crippen molar-refractivity contribution in [3.8, 4) is 11.3 Å². The van der Waals surface area contributed by atoms with Crippen LogP contribution in [-0.2, 0) is 27.8 Å². The fourth-order valence-corrected chi connectivity index (χ4v) is 4.47. The van der Waals surface area contributed by atoms with Gasteiger partial charge in [-0.25, -0.2) is 0 Å². The number of hydrogen-bond donors (Lipinski definition) is 0. The Morgan fingerprint density at radius 1 is 0.839 bits per heavy atom. The fraction of sp³-hybridized carbons (Fsp3) is 0.250. The summed E-state index contributed by atoms with van der Waals surface area (Å²) in [5.74, 6) is 0. The number of aromatic nitrogens is 2. The van der Waals surface area contributed by atoms with Crippen molar-refractivity contribution in [3.05, 3.63) is 84.8 Å². The van der Waals surface area contributed by atoms with Gasteiger partial charge in [-0.15, -0.1) is 6.07 Å². The fourth-order valence-electron chi connectivity index (χ4n) is 4.47. The average molecular weight is 590 g/mol. The van der Waals surface area contributed by atoms with E-state index in [4.69, 9.17) is 0 Å². The Balaban J connectivity index is 0.00000231. The Labute approximate surface area is 200 Å². The number of fused-ring (bicyclic) bond motifs is 3. The second kappa shape index (κ2) is 7.94. The summed E-state index contributed by atoms with van der Waals surface area (Å²) in [6, 6.07) is 24.6. The Hall–Kier alpha value is -2.39. The predicted molar refractivity (Wildman–Crippen MR) is 126 cm³/mol. The number of pyridine rings is 1. The summed E-state index contributed by atoms with van der Waals surface area (Å²) < 4.78 is 4.51. The van der Waals surface area contributed by atoms with Crippen LogP contribution < -0.4 is 4.57 Å². The van der Waals surface area contributed by atoms with E-state index >= 15 is 0 Å². The van der Waals surface area contributed by atoms with Crippen LogP contribution in [0, 0.1) is 6.20 Å². The van der Waals surface area contributed by atoms with Crippen LogP contribution in [0.2, 0.25) is 0 Å². The van der Waals surface area contributed by atoms with E-state index < -0.39 is 0 Å². The molecule has 0 saturated heterocycles. The molecule has 2 heterocycles. The van der Waals surface area contributed by atoms with Crippen LogP contribution in [0.4, 0.5) is 0 Å². The molecule has 3 heteroatoms. The Morgan fingerprint density at radius 2 is 1.48 bits per heavy atom. The van der Waals surface area contributed by atoms with Crippen molar-refractivity contribution in [1.82, 2.24) is 4.40 Å². The zero-order valence-corrected chi connectivity index (χ0v) is 20.9.